The number of hydrogen-bond acceptors (Lipinski definition) is 4. The second kappa shape index (κ2) is 6.40. The largest absolute Gasteiger partial charge is 0.371 e. The number of rotatable bonds is 4. The van der Waals surface area contributed by atoms with Gasteiger partial charge in [0, 0.05) is 17.7 Å². The molecule has 0 N–H and O–H groups in total. The zero-order valence-corrected chi connectivity index (χ0v) is 14.1. The molecule has 2 amide bonds. The van der Waals surface area contributed by atoms with E-state index in [-0.39, 0.29) is 5.78 Å². The zero-order valence-electron chi connectivity index (χ0n) is 14.1. The van der Waals surface area contributed by atoms with E-state index in [9.17, 15) is 9.59 Å². The lowest BCUT2D eigenvalue weighted by molar-refractivity contribution is 0.101. The Morgan fingerprint density at radius 1 is 1.08 bits per heavy atom. The molecule has 0 aromatic heterocycles. The van der Waals surface area contributed by atoms with Crippen molar-refractivity contribution in [3.8, 4) is 0 Å². The molecule has 0 atom stereocenters. The minimum Gasteiger partial charge on any atom is -0.317 e. The molecule has 4 rings (SSSR count). The van der Waals surface area contributed by atoms with Crippen molar-refractivity contribution in [2.45, 2.75) is 13.5 Å². The molecule has 0 aliphatic carbocycles. The zero-order chi connectivity index (χ0) is 18.1. The normalized spacial score (nSPS) is 15.7. The fraction of sp³-hybridized carbons (Fsp3) is 0.100. The number of urea groups is 1. The highest BCUT2D eigenvalue weighted by atomic mass is 16.2. The second-order valence-corrected chi connectivity index (χ2v) is 6.01. The van der Waals surface area contributed by atoms with Gasteiger partial charge < -0.3 is 4.90 Å². The number of amidine groups is 2. The van der Waals surface area contributed by atoms with E-state index < -0.39 is 6.03 Å². The molecule has 0 saturated heterocycles. The average molecular weight is 343 g/mol. The molecule has 127 valence electrons. The summed E-state index contributed by atoms with van der Waals surface area (Å²) in [5.74, 6) is 0.743. The van der Waals surface area contributed by atoms with Crippen molar-refractivity contribution in [3.05, 3.63) is 77.5 Å². The smallest absolute Gasteiger partial charge is 0.317 e. The Labute approximate surface area is 150 Å². The fourth-order valence-corrected chi connectivity index (χ4v) is 2.93. The Hall–Kier alpha value is -3.54. The number of nitrogens with zero attached hydrogens (tertiary/aromatic N) is 4. The molecule has 2 aliphatic rings. The Bertz CT molecular complexity index is 990. The maximum atomic E-state index is 11.7. The first-order valence-corrected chi connectivity index (χ1v) is 8.17. The van der Waals surface area contributed by atoms with Crippen molar-refractivity contribution in [2.75, 3.05) is 0 Å². The van der Waals surface area contributed by atoms with Crippen molar-refractivity contribution in [1.82, 2.24) is 10.2 Å². The van der Waals surface area contributed by atoms with E-state index in [0.717, 1.165) is 16.8 Å². The van der Waals surface area contributed by atoms with Crippen LogP contribution in [0.5, 0.6) is 0 Å². The first kappa shape index (κ1) is 16.0. The van der Waals surface area contributed by atoms with Crippen LogP contribution in [0.25, 0.3) is 5.70 Å². The van der Waals surface area contributed by atoms with Crippen molar-refractivity contribution < 1.29 is 9.59 Å². The van der Waals surface area contributed by atoms with Gasteiger partial charge in [0.15, 0.2) is 11.6 Å². The van der Waals surface area contributed by atoms with Crippen LogP contribution in [0.15, 0.2) is 70.8 Å². The van der Waals surface area contributed by atoms with E-state index >= 15 is 0 Å². The van der Waals surface area contributed by atoms with Gasteiger partial charge in [0.25, 0.3) is 0 Å². The summed E-state index contributed by atoms with van der Waals surface area (Å²) in [4.78, 5) is 33.6. The molecule has 0 spiro atoms. The number of amides is 2. The van der Waals surface area contributed by atoms with E-state index in [1.54, 1.807) is 12.3 Å². The Kier molecular flexibility index (Phi) is 3.93. The van der Waals surface area contributed by atoms with Gasteiger partial charge in [-0.05, 0) is 18.6 Å². The maximum absolute atomic E-state index is 11.7. The minimum atomic E-state index is -0.552. The summed E-state index contributed by atoms with van der Waals surface area (Å²) in [7, 11) is 0. The second-order valence-electron chi connectivity index (χ2n) is 6.01. The third kappa shape index (κ3) is 2.93. The molecule has 0 bridgehead atoms. The van der Waals surface area contributed by atoms with Gasteiger partial charge in [-0.1, -0.05) is 48.5 Å². The number of carbonyl (C=O) groups excluding carboxylic acids is 2. The Morgan fingerprint density at radius 2 is 1.88 bits per heavy atom. The molecule has 0 fully saturated rings. The van der Waals surface area contributed by atoms with Gasteiger partial charge in [-0.25, -0.2) is 9.79 Å². The van der Waals surface area contributed by atoms with Gasteiger partial charge in [0.05, 0.1) is 11.9 Å². The summed E-state index contributed by atoms with van der Waals surface area (Å²) in [6, 6.07) is 16.7. The SMILES string of the molecule is CC(=O)c1cccc(C2=CN=C3[N]C(=O)N=C3N2Cc2ccccc2)c1. The topological polar surface area (TPSA) is 76.2 Å². The molecule has 0 unspecified atom stereocenters. The van der Waals surface area contributed by atoms with Gasteiger partial charge >= 0.3 is 6.03 Å². The van der Waals surface area contributed by atoms with Crippen LogP contribution in [-0.2, 0) is 6.54 Å². The highest BCUT2D eigenvalue weighted by Crippen LogP contribution is 2.27. The highest BCUT2D eigenvalue weighted by Gasteiger charge is 2.33. The molecular weight excluding hydrogens is 328 g/mol. The predicted octanol–water partition coefficient (Wildman–Crippen LogP) is 3.24. The van der Waals surface area contributed by atoms with Crippen molar-refractivity contribution in [2.24, 2.45) is 9.98 Å². The number of hydrogen-bond donors (Lipinski definition) is 0. The highest BCUT2D eigenvalue weighted by molar-refractivity contribution is 6.49. The summed E-state index contributed by atoms with van der Waals surface area (Å²) in [5.41, 5.74) is 3.28. The lowest BCUT2D eigenvalue weighted by atomic mass is 10.0. The minimum absolute atomic E-state index is 0.00885. The molecule has 2 aromatic carbocycles. The lowest BCUT2D eigenvalue weighted by Gasteiger charge is -2.29. The van der Waals surface area contributed by atoms with Crippen molar-refractivity contribution in [1.29, 1.82) is 0 Å². The van der Waals surface area contributed by atoms with Crippen LogP contribution in [0.4, 0.5) is 4.79 Å². The number of Topliss-reactive ketones (excluding diaryl/α,β-unsaturated/α-hetero) is 1. The van der Waals surface area contributed by atoms with Crippen LogP contribution in [0, 0.1) is 0 Å². The molecule has 2 heterocycles. The van der Waals surface area contributed by atoms with Gasteiger partial charge in [0.1, 0.15) is 0 Å². The third-order valence-corrected chi connectivity index (χ3v) is 4.21. The van der Waals surface area contributed by atoms with Gasteiger partial charge in [-0.2, -0.15) is 10.3 Å². The van der Waals surface area contributed by atoms with Crippen molar-refractivity contribution in [3.63, 3.8) is 0 Å². The number of aliphatic imine (C=N–C) groups is 2. The van der Waals surface area contributed by atoms with Crippen LogP contribution in [-0.4, -0.2) is 28.4 Å². The summed E-state index contributed by atoms with van der Waals surface area (Å²) < 4.78 is 0. The quantitative estimate of drug-likeness (QED) is 0.800. The molecular formula is C20H15N4O2. The summed E-state index contributed by atoms with van der Waals surface area (Å²) in [6.07, 6.45) is 1.67. The van der Waals surface area contributed by atoms with E-state index in [1.165, 1.54) is 6.92 Å². The molecule has 1 radical (unpaired) electrons. The van der Waals surface area contributed by atoms with Gasteiger partial charge in [0.2, 0.25) is 5.84 Å². The van der Waals surface area contributed by atoms with Crippen LogP contribution >= 0.6 is 0 Å². The van der Waals surface area contributed by atoms with Crippen molar-refractivity contribution >= 4 is 29.2 Å². The number of benzene rings is 2. The Morgan fingerprint density at radius 3 is 2.65 bits per heavy atom. The van der Waals surface area contributed by atoms with E-state index in [0.29, 0.717) is 23.8 Å². The Balaban J connectivity index is 1.78. The monoisotopic (exact) mass is 343 g/mol. The number of fused-ring (bicyclic) bond motifs is 1. The van der Waals surface area contributed by atoms with E-state index in [2.05, 4.69) is 15.3 Å². The molecule has 6 nitrogen and oxygen atoms in total. The molecule has 0 saturated carbocycles. The summed E-state index contributed by atoms with van der Waals surface area (Å²) in [5, 5.41) is 3.84. The number of carbonyl (C=O) groups is 2. The van der Waals surface area contributed by atoms with Crippen LogP contribution in [0.1, 0.15) is 28.4 Å². The average Bonchev–Trinajstić information content (AvgIpc) is 3.04. The number of ketones is 1. The van der Waals surface area contributed by atoms with Crippen LogP contribution < -0.4 is 5.32 Å². The molecule has 2 aliphatic heterocycles. The van der Waals surface area contributed by atoms with E-state index in [1.807, 2.05) is 53.4 Å². The summed E-state index contributed by atoms with van der Waals surface area (Å²) >= 11 is 0. The third-order valence-electron chi connectivity index (χ3n) is 4.21. The van der Waals surface area contributed by atoms with Gasteiger partial charge in [-0.15, -0.1) is 0 Å². The maximum Gasteiger partial charge on any atom is 0.371 e. The first-order chi connectivity index (χ1) is 12.6. The predicted molar refractivity (Wildman–Crippen MR) is 98.8 cm³/mol. The van der Waals surface area contributed by atoms with Gasteiger partial charge in [-0.3, -0.25) is 4.79 Å². The molecule has 26 heavy (non-hydrogen) atoms. The molecule has 2 aromatic rings. The van der Waals surface area contributed by atoms with Crippen LogP contribution in [0.3, 0.4) is 0 Å². The standard InChI is InChI=1S/C20H15N4O2/c1-13(25)15-8-5-9-16(10-15)17-11-21-18-19(23-20(26)22-18)24(17)12-14-6-3-2-4-7-14/h2-11H,12H2,1H3. The molecule has 6 heteroatoms. The first-order valence-electron chi connectivity index (χ1n) is 8.17. The van der Waals surface area contributed by atoms with E-state index in [4.69, 9.17) is 0 Å². The van der Waals surface area contributed by atoms with Crippen LogP contribution in [0.2, 0.25) is 0 Å². The lowest BCUT2D eigenvalue weighted by Crippen LogP contribution is -2.37. The fourth-order valence-electron chi connectivity index (χ4n) is 2.93. The summed E-state index contributed by atoms with van der Waals surface area (Å²) in [6.45, 7) is 2.04.